The number of carbonyl (C=O) groups is 2. The van der Waals surface area contributed by atoms with Crippen LogP contribution in [-0.2, 0) is 41.8 Å². The summed E-state index contributed by atoms with van der Waals surface area (Å²) in [6.45, 7) is 2.83. The predicted molar refractivity (Wildman–Crippen MR) is 270 cm³/mol. The number of aliphatic hydroxyl groups is 5. The fraction of sp³-hybridized carbons (Fsp3) is 0.647. The molecule has 400 valence electrons. The Bertz CT molecular complexity index is 1730. The second-order valence-corrected chi connectivity index (χ2v) is 19.6. The van der Waals surface area contributed by atoms with E-state index in [0.717, 1.165) is 77.0 Å². The van der Waals surface area contributed by atoms with Gasteiger partial charge >= 0.3 is 27.6 Å². The van der Waals surface area contributed by atoms with E-state index >= 15 is 0 Å². The first-order valence-electron chi connectivity index (χ1n) is 24.9. The summed E-state index contributed by atoms with van der Waals surface area (Å²) < 4.78 is 49.3. The topological polar surface area (TPSA) is 276 Å². The molecule has 0 aromatic rings. The van der Waals surface area contributed by atoms with Gasteiger partial charge in [0.05, 0.1) is 12.7 Å². The van der Waals surface area contributed by atoms with E-state index in [9.17, 15) is 58.9 Å². The molecule has 6 unspecified atom stereocenters. The van der Waals surface area contributed by atoms with Gasteiger partial charge < -0.3 is 49.7 Å². The Balaban J connectivity index is 2.65. The average Bonchev–Trinajstić information content (AvgIpc) is 3.31. The zero-order valence-electron chi connectivity index (χ0n) is 41.3. The normalized spacial score (nSPS) is 22.3. The van der Waals surface area contributed by atoms with Crippen LogP contribution in [0, 0.1) is 0 Å². The summed E-state index contributed by atoms with van der Waals surface area (Å²) >= 11 is 0. The van der Waals surface area contributed by atoms with Gasteiger partial charge in [-0.25, -0.2) is 9.13 Å². The Hall–Kier alpha value is -3.12. The summed E-state index contributed by atoms with van der Waals surface area (Å²) in [7, 11) is -10.7. The summed E-state index contributed by atoms with van der Waals surface area (Å²) in [6, 6.07) is 0. The Morgan fingerprint density at radius 1 is 0.543 bits per heavy atom. The van der Waals surface area contributed by atoms with E-state index in [0.29, 0.717) is 25.7 Å². The maximum Gasteiger partial charge on any atom is 0.472 e. The molecule has 0 spiro atoms. The van der Waals surface area contributed by atoms with Gasteiger partial charge in [0, 0.05) is 12.8 Å². The maximum atomic E-state index is 13.0. The summed E-state index contributed by atoms with van der Waals surface area (Å²) in [6.07, 6.45) is 33.7. The Morgan fingerprint density at radius 3 is 1.66 bits per heavy atom. The molecule has 0 saturated heterocycles. The molecule has 1 rings (SSSR count). The summed E-state index contributed by atoms with van der Waals surface area (Å²) in [5, 5.41) is 51.5. The SMILES string of the molecule is CC/C=C\C/C=C\C/C=C\C/C=C\CCCCCCCCC(=O)OC[C@H](COP(=O)(O)O[C@H]1C(O)C(O)C(O)[C@@H](OP(=O)(O)O)C1O)OC(=O)CCC/C=C/C=C\C(O)C/C=C\C/C=C\CCCCC. The second-order valence-electron chi connectivity index (χ2n) is 17.0. The Labute approximate surface area is 416 Å². The van der Waals surface area contributed by atoms with Crippen molar-refractivity contribution in [2.45, 2.75) is 198 Å². The van der Waals surface area contributed by atoms with E-state index in [2.05, 4.69) is 79.1 Å². The first kappa shape index (κ1) is 64.9. The van der Waals surface area contributed by atoms with Gasteiger partial charge in [-0.1, -0.05) is 150 Å². The lowest BCUT2D eigenvalue weighted by atomic mass is 9.85. The van der Waals surface area contributed by atoms with Crippen molar-refractivity contribution in [2.75, 3.05) is 13.2 Å². The van der Waals surface area contributed by atoms with Gasteiger partial charge in [0.15, 0.2) is 6.10 Å². The molecule has 0 aliphatic heterocycles. The lowest BCUT2D eigenvalue weighted by molar-refractivity contribution is -0.216. The number of ether oxygens (including phenoxy) is 2. The average molecular weight is 1030 g/mol. The quantitative estimate of drug-likeness (QED) is 0.00935. The largest absolute Gasteiger partial charge is 0.472 e. The zero-order valence-corrected chi connectivity index (χ0v) is 43.1. The van der Waals surface area contributed by atoms with Gasteiger partial charge in [-0.15, -0.1) is 0 Å². The van der Waals surface area contributed by atoms with Crippen LogP contribution in [0.15, 0.2) is 97.2 Å². The highest BCUT2D eigenvalue weighted by Crippen LogP contribution is 2.49. The fourth-order valence-electron chi connectivity index (χ4n) is 6.85. The van der Waals surface area contributed by atoms with Gasteiger partial charge in [0.25, 0.3) is 0 Å². The molecule has 0 amide bonds. The number of hydrogen-bond acceptors (Lipinski definition) is 14. The molecule has 0 radical (unpaired) electrons. The van der Waals surface area contributed by atoms with Crippen LogP contribution in [0.2, 0.25) is 0 Å². The van der Waals surface area contributed by atoms with Crippen LogP contribution in [0.4, 0.5) is 0 Å². The lowest BCUT2D eigenvalue weighted by Gasteiger charge is -2.43. The van der Waals surface area contributed by atoms with Gasteiger partial charge in [0.2, 0.25) is 0 Å². The van der Waals surface area contributed by atoms with Gasteiger partial charge in [-0.3, -0.25) is 23.2 Å². The van der Waals surface area contributed by atoms with Crippen LogP contribution < -0.4 is 0 Å². The summed E-state index contributed by atoms with van der Waals surface area (Å²) in [4.78, 5) is 54.4. The molecular formula is C51H84O17P2. The van der Waals surface area contributed by atoms with Crippen molar-refractivity contribution in [3.05, 3.63) is 97.2 Å². The second kappa shape index (κ2) is 40.4. The number of rotatable bonds is 40. The van der Waals surface area contributed by atoms with E-state index in [-0.39, 0.29) is 12.8 Å². The summed E-state index contributed by atoms with van der Waals surface area (Å²) in [5.41, 5.74) is 0. The molecule has 1 saturated carbocycles. The van der Waals surface area contributed by atoms with Crippen molar-refractivity contribution in [3.8, 4) is 0 Å². The number of hydrogen-bond donors (Lipinski definition) is 8. The molecule has 70 heavy (non-hydrogen) atoms. The number of unbranched alkanes of at least 4 members (excludes halogenated alkanes) is 10. The number of carbonyl (C=O) groups excluding carboxylic acids is 2. The summed E-state index contributed by atoms with van der Waals surface area (Å²) in [5.74, 6) is -1.36. The number of phosphoric ester groups is 2. The molecule has 19 heteroatoms. The van der Waals surface area contributed by atoms with Gasteiger partial charge in [0.1, 0.15) is 43.2 Å². The van der Waals surface area contributed by atoms with E-state index < -0.39 is 89.6 Å². The smallest absolute Gasteiger partial charge is 0.462 e. The fourth-order valence-corrected chi connectivity index (χ4v) is 8.39. The third-order valence-corrected chi connectivity index (χ3v) is 12.2. The van der Waals surface area contributed by atoms with E-state index in [4.69, 9.17) is 18.5 Å². The van der Waals surface area contributed by atoms with Crippen molar-refractivity contribution >= 4 is 27.6 Å². The van der Waals surface area contributed by atoms with Crippen LogP contribution in [0.5, 0.6) is 0 Å². The minimum Gasteiger partial charge on any atom is -0.462 e. The molecule has 17 nitrogen and oxygen atoms in total. The van der Waals surface area contributed by atoms with Crippen LogP contribution >= 0.6 is 15.6 Å². The number of allylic oxidation sites excluding steroid dienone is 14. The monoisotopic (exact) mass is 1030 g/mol. The van der Waals surface area contributed by atoms with Crippen LogP contribution in [0.25, 0.3) is 0 Å². The third kappa shape index (κ3) is 34.3. The first-order chi connectivity index (χ1) is 33.5. The van der Waals surface area contributed by atoms with Gasteiger partial charge in [-0.2, -0.15) is 0 Å². The van der Waals surface area contributed by atoms with E-state index in [1.807, 2.05) is 12.2 Å². The van der Waals surface area contributed by atoms with Crippen molar-refractivity contribution in [2.24, 2.45) is 0 Å². The molecule has 0 aromatic heterocycles. The highest BCUT2D eigenvalue weighted by molar-refractivity contribution is 7.47. The molecule has 1 aliphatic carbocycles. The number of aliphatic hydroxyl groups excluding tert-OH is 5. The molecule has 1 fully saturated rings. The minimum absolute atomic E-state index is 0.0694. The van der Waals surface area contributed by atoms with E-state index in [1.165, 1.54) is 19.3 Å². The Kier molecular flexibility index (Phi) is 37.4. The Morgan fingerprint density at radius 2 is 1.06 bits per heavy atom. The van der Waals surface area contributed by atoms with Crippen LogP contribution in [-0.4, -0.2) is 114 Å². The molecule has 0 bridgehead atoms. The predicted octanol–water partition coefficient (Wildman–Crippen LogP) is 8.92. The van der Waals surface area contributed by atoms with E-state index in [1.54, 1.807) is 24.3 Å². The maximum absolute atomic E-state index is 13.0. The van der Waals surface area contributed by atoms with Crippen molar-refractivity contribution in [1.29, 1.82) is 0 Å². The molecule has 0 aromatic carbocycles. The lowest BCUT2D eigenvalue weighted by Crippen LogP contribution is -2.64. The molecule has 1 aliphatic rings. The molecule has 9 atom stereocenters. The molecule has 0 heterocycles. The minimum atomic E-state index is -5.39. The van der Waals surface area contributed by atoms with Gasteiger partial charge in [-0.05, 0) is 83.5 Å². The van der Waals surface area contributed by atoms with Crippen LogP contribution in [0.3, 0.4) is 0 Å². The van der Waals surface area contributed by atoms with Crippen molar-refractivity contribution in [3.63, 3.8) is 0 Å². The first-order valence-corrected chi connectivity index (χ1v) is 27.9. The highest BCUT2D eigenvalue weighted by Gasteiger charge is 2.54. The molecule has 8 N–H and O–H groups in total. The molecular weight excluding hydrogens is 946 g/mol. The van der Waals surface area contributed by atoms with Crippen LogP contribution in [0.1, 0.15) is 149 Å². The third-order valence-electron chi connectivity index (χ3n) is 10.7. The van der Waals surface area contributed by atoms with Crippen molar-refractivity contribution < 1.29 is 82.0 Å². The number of phosphoric acid groups is 2. The van der Waals surface area contributed by atoms with Crippen molar-refractivity contribution in [1.82, 2.24) is 0 Å². The zero-order chi connectivity index (χ0) is 51.9. The number of esters is 2. The standard InChI is InChI=1S/C51H84O17P2/c1-3-5-7-9-11-13-14-15-16-17-18-19-20-21-22-24-26-30-34-38-44(53)64-40-43(41-65-70(62,63)68-51-48(57)46(55)47(56)50(49(51)58)67-69(59,60)61)66-45(54)39-35-31-27-29-33-37-42(52)36-32-28-25-23-12-10-8-6-4-2/h5,7,11-13,15-16,18-19,23,27-29,32-33,37,42-43,46-52,55-58H,3-4,6,8-10,14,17,20-22,24-26,30-31,34-36,38-41H2,1-2H3,(H,62,63)(H2,59,60,61)/b7-5-,13-11-,16-15-,19-18-,23-12-,29-27+,32-28-,37-33-/t42?,43-,46?,47?,48?,49?,50-,51+/m1/s1. The highest BCUT2D eigenvalue weighted by atomic mass is 31.2.